The van der Waals surface area contributed by atoms with Crippen molar-refractivity contribution in [2.75, 3.05) is 0 Å². The van der Waals surface area contributed by atoms with Crippen molar-refractivity contribution in [2.24, 2.45) is 0 Å². The van der Waals surface area contributed by atoms with E-state index in [-0.39, 0.29) is 27.0 Å². The minimum atomic E-state index is -4.19. The third kappa shape index (κ3) is 12.4. The normalized spacial score (nSPS) is 9.59. The molecule has 0 aliphatic heterocycles. The minimum Gasteiger partial charge on any atom is -0.307 e. The van der Waals surface area contributed by atoms with Gasteiger partial charge < -0.3 is 9.59 Å². The molecule has 0 spiro atoms. The Bertz CT molecular complexity index is 888. The van der Waals surface area contributed by atoms with Gasteiger partial charge in [-0.3, -0.25) is 4.79 Å². The summed E-state index contributed by atoms with van der Waals surface area (Å²) in [5.74, 6) is -0.265. The van der Waals surface area contributed by atoms with Gasteiger partial charge >= 0.3 is 6.18 Å². The van der Waals surface area contributed by atoms with Gasteiger partial charge in [-0.15, -0.1) is 0 Å². The smallest absolute Gasteiger partial charge is 0.307 e. The summed E-state index contributed by atoms with van der Waals surface area (Å²) in [7, 11) is 0. The number of allylic oxidation sites excluding steroid dienone is 2. The Hall–Kier alpha value is -3.35. The average molecular weight is 457 g/mol. The van der Waals surface area contributed by atoms with Crippen molar-refractivity contribution in [3.8, 4) is 0 Å². The lowest BCUT2D eigenvalue weighted by Gasteiger charge is -2.13. The predicted octanol–water partition coefficient (Wildman–Crippen LogP) is 6.69. The first kappa shape index (κ1) is 30.8. The molecule has 7 heteroatoms. The lowest BCUT2D eigenvalue weighted by Crippen LogP contribution is -2.02. The standard InChI is InChI=1S/C20H21FO.C3H3F3.2CH2O.2H2/c1-13-6-5-7-17(8-13)9-14(2)20-15(3)10-18(11-16(4)22)12-19(20)21;1-2-3(4,5)6;2*1-2;;/h5-8,10,12H,2,9,11H2,1,3-4H3;2H,1H2;2*1H2;2*1H. The van der Waals surface area contributed by atoms with Crippen LogP contribution in [0.25, 0.3) is 5.57 Å². The van der Waals surface area contributed by atoms with Crippen molar-refractivity contribution >= 4 is 24.9 Å². The van der Waals surface area contributed by atoms with Crippen LogP contribution in [0.15, 0.2) is 55.6 Å². The zero-order valence-electron chi connectivity index (χ0n) is 18.5. The quantitative estimate of drug-likeness (QED) is 0.372. The molecule has 0 bridgehead atoms. The van der Waals surface area contributed by atoms with E-state index in [1.165, 1.54) is 18.6 Å². The number of aryl methyl sites for hydroxylation is 2. The molecule has 0 atom stereocenters. The van der Waals surface area contributed by atoms with Crippen molar-refractivity contribution < 1.29 is 34.8 Å². The van der Waals surface area contributed by atoms with Gasteiger partial charge in [0.1, 0.15) is 25.2 Å². The van der Waals surface area contributed by atoms with Gasteiger partial charge in [0.15, 0.2) is 0 Å². The van der Waals surface area contributed by atoms with E-state index in [0.717, 1.165) is 22.3 Å². The molecular formula is C25H32F4O3. The maximum atomic E-state index is 14.4. The molecule has 0 aliphatic rings. The zero-order valence-corrected chi connectivity index (χ0v) is 18.5. The first-order chi connectivity index (χ1) is 14.9. The molecule has 0 amide bonds. The van der Waals surface area contributed by atoms with E-state index < -0.39 is 6.18 Å². The first-order valence-electron chi connectivity index (χ1n) is 9.23. The highest BCUT2D eigenvalue weighted by molar-refractivity contribution is 5.78. The Balaban J connectivity index is -0.000000324. The number of hydrogen-bond donors (Lipinski definition) is 0. The zero-order chi connectivity index (χ0) is 25.5. The fourth-order valence-corrected chi connectivity index (χ4v) is 2.81. The van der Waals surface area contributed by atoms with Crippen LogP contribution < -0.4 is 0 Å². The van der Waals surface area contributed by atoms with E-state index in [4.69, 9.17) is 9.59 Å². The highest BCUT2D eigenvalue weighted by Gasteiger charge is 2.19. The summed E-state index contributed by atoms with van der Waals surface area (Å²) in [4.78, 5) is 27.2. The van der Waals surface area contributed by atoms with Crippen LogP contribution in [0.1, 0.15) is 37.6 Å². The molecule has 2 aromatic rings. The van der Waals surface area contributed by atoms with E-state index >= 15 is 0 Å². The second-order valence-electron chi connectivity index (χ2n) is 6.66. The molecule has 0 N–H and O–H groups in total. The van der Waals surface area contributed by atoms with E-state index in [9.17, 15) is 22.4 Å². The summed E-state index contributed by atoms with van der Waals surface area (Å²) in [5, 5.41) is 0. The monoisotopic (exact) mass is 456 g/mol. The first-order valence-corrected chi connectivity index (χ1v) is 9.23. The van der Waals surface area contributed by atoms with Gasteiger partial charge in [-0.1, -0.05) is 49.1 Å². The number of halogens is 4. The molecule has 32 heavy (non-hydrogen) atoms. The van der Waals surface area contributed by atoms with Crippen molar-refractivity contribution in [3.63, 3.8) is 0 Å². The number of ketones is 1. The molecule has 0 aliphatic carbocycles. The Morgan fingerprint density at radius 3 is 1.94 bits per heavy atom. The lowest BCUT2D eigenvalue weighted by atomic mass is 9.93. The van der Waals surface area contributed by atoms with Crippen LogP contribution in [0.3, 0.4) is 0 Å². The minimum absolute atomic E-state index is 0. The van der Waals surface area contributed by atoms with Crippen molar-refractivity contribution in [1.29, 1.82) is 0 Å². The molecule has 0 aromatic heterocycles. The van der Waals surface area contributed by atoms with Gasteiger partial charge in [-0.05, 0) is 55.5 Å². The summed E-state index contributed by atoms with van der Waals surface area (Å²) in [6, 6.07) is 11.5. The Morgan fingerprint density at radius 1 is 1.00 bits per heavy atom. The molecule has 0 unspecified atom stereocenters. The number of Topliss-reactive ketones (excluding diaryl/α,β-unsaturated/α-hetero) is 1. The van der Waals surface area contributed by atoms with Crippen LogP contribution in [-0.4, -0.2) is 25.5 Å². The van der Waals surface area contributed by atoms with Crippen LogP contribution in [0.2, 0.25) is 0 Å². The second-order valence-corrected chi connectivity index (χ2v) is 6.66. The molecule has 0 saturated carbocycles. The SMILES string of the molecule is C=C(Cc1cccc(C)c1)c1c(C)cc(CC(C)=O)cc1F.C=CC(F)(F)F.C=O.C=O.[HH].[HH]. The summed E-state index contributed by atoms with van der Waals surface area (Å²) in [6.07, 6.45) is -3.37. The van der Waals surface area contributed by atoms with Gasteiger partial charge in [-0.25, -0.2) is 4.39 Å². The van der Waals surface area contributed by atoms with Gasteiger partial charge in [0.25, 0.3) is 0 Å². The van der Waals surface area contributed by atoms with Crippen molar-refractivity contribution in [2.45, 2.75) is 39.8 Å². The maximum Gasteiger partial charge on any atom is 0.409 e. The number of alkyl halides is 3. The molecule has 0 saturated heterocycles. The molecule has 178 valence electrons. The van der Waals surface area contributed by atoms with Gasteiger partial charge in [-0.2, -0.15) is 13.2 Å². The third-order valence-electron chi connectivity index (χ3n) is 3.89. The van der Waals surface area contributed by atoms with Crippen LogP contribution in [0.5, 0.6) is 0 Å². The van der Waals surface area contributed by atoms with E-state index in [0.29, 0.717) is 12.0 Å². The van der Waals surface area contributed by atoms with E-state index in [1.54, 1.807) is 0 Å². The van der Waals surface area contributed by atoms with Crippen LogP contribution >= 0.6 is 0 Å². The molecule has 3 nitrogen and oxygen atoms in total. The molecular weight excluding hydrogens is 424 g/mol. The number of rotatable bonds is 5. The molecule has 0 heterocycles. The number of carbonyl (C=O) groups is 3. The molecule has 2 rings (SSSR count). The third-order valence-corrected chi connectivity index (χ3v) is 3.89. The Morgan fingerprint density at radius 2 is 1.53 bits per heavy atom. The van der Waals surface area contributed by atoms with Crippen molar-refractivity contribution in [1.82, 2.24) is 0 Å². The predicted molar refractivity (Wildman–Crippen MR) is 124 cm³/mol. The van der Waals surface area contributed by atoms with Crippen LogP contribution in [0, 0.1) is 19.7 Å². The number of hydrogen-bond acceptors (Lipinski definition) is 3. The van der Waals surface area contributed by atoms with Crippen molar-refractivity contribution in [3.05, 3.63) is 89.3 Å². The van der Waals surface area contributed by atoms with Gasteiger partial charge in [0.05, 0.1) is 0 Å². The Kier molecular flexibility index (Phi) is 14.9. The highest BCUT2D eigenvalue weighted by atomic mass is 19.4. The maximum absolute atomic E-state index is 14.4. The number of carbonyl (C=O) groups excluding carboxylic acids is 3. The lowest BCUT2D eigenvalue weighted by molar-refractivity contribution is -0.116. The largest absolute Gasteiger partial charge is 0.409 e. The summed E-state index contributed by atoms with van der Waals surface area (Å²) >= 11 is 0. The topological polar surface area (TPSA) is 51.2 Å². The van der Waals surface area contributed by atoms with Gasteiger partial charge in [0.2, 0.25) is 0 Å². The molecule has 0 radical (unpaired) electrons. The fraction of sp³-hybridized carbons (Fsp3) is 0.240. The highest BCUT2D eigenvalue weighted by Crippen LogP contribution is 2.26. The fourth-order valence-electron chi connectivity index (χ4n) is 2.81. The summed E-state index contributed by atoms with van der Waals surface area (Å²) in [5.41, 5.74) is 5.17. The number of benzene rings is 2. The Labute approximate surface area is 189 Å². The second kappa shape index (κ2) is 15.5. The average Bonchev–Trinajstić information content (AvgIpc) is 2.70. The van der Waals surface area contributed by atoms with E-state index in [1.807, 2.05) is 51.7 Å². The van der Waals surface area contributed by atoms with Crippen LogP contribution in [0.4, 0.5) is 17.6 Å². The molecule has 2 aromatic carbocycles. The van der Waals surface area contributed by atoms with E-state index in [2.05, 4.69) is 19.2 Å². The summed E-state index contributed by atoms with van der Waals surface area (Å²) in [6.45, 7) is 16.0. The summed E-state index contributed by atoms with van der Waals surface area (Å²) < 4.78 is 46.4. The molecule has 0 fully saturated rings. The van der Waals surface area contributed by atoms with Crippen LogP contribution in [-0.2, 0) is 27.2 Å². The van der Waals surface area contributed by atoms with Gasteiger partial charge in [0, 0.05) is 20.9 Å².